The molecule has 1 aromatic carbocycles. The quantitative estimate of drug-likeness (QED) is 0.536. The summed E-state index contributed by atoms with van der Waals surface area (Å²) in [7, 11) is 0. The van der Waals surface area contributed by atoms with E-state index in [2.05, 4.69) is 11.9 Å². The number of hydrogen-bond donors (Lipinski definition) is 1. The lowest BCUT2D eigenvalue weighted by atomic mass is 9.91. The van der Waals surface area contributed by atoms with Gasteiger partial charge in [0.2, 0.25) is 0 Å². The highest BCUT2D eigenvalue weighted by Gasteiger charge is 2.55. The highest BCUT2D eigenvalue weighted by atomic mass is 16.9. The third-order valence-electron chi connectivity index (χ3n) is 3.95. The fourth-order valence-electron chi connectivity index (χ4n) is 2.61. The molecule has 1 saturated heterocycles. The van der Waals surface area contributed by atoms with Gasteiger partial charge in [0.05, 0.1) is 6.61 Å². The van der Waals surface area contributed by atoms with Gasteiger partial charge in [-0.05, 0) is 32.3 Å². The van der Waals surface area contributed by atoms with Crippen molar-refractivity contribution in [2.45, 2.75) is 51.4 Å². The molecule has 1 aliphatic rings. The Hall–Kier alpha value is -2.38. The number of nitrogens with one attached hydrogen (secondary N) is 1. The molecular formula is C19H25NO6. The summed E-state index contributed by atoms with van der Waals surface area (Å²) in [6.07, 6.45) is 0.161. The molecule has 1 unspecified atom stereocenters. The van der Waals surface area contributed by atoms with Gasteiger partial charge in [-0.25, -0.2) is 9.59 Å². The number of allylic oxidation sites excluding steroid dienone is 1. The van der Waals surface area contributed by atoms with E-state index in [1.807, 2.05) is 30.3 Å². The van der Waals surface area contributed by atoms with Crippen molar-refractivity contribution in [1.82, 2.24) is 5.32 Å². The molecule has 1 atom stereocenters. The number of alkyl carbamates (subject to hydrolysis) is 1. The molecule has 0 saturated carbocycles. The normalized spacial score (nSPS) is 21.0. The Morgan fingerprint density at radius 2 is 1.96 bits per heavy atom. The number of hydrogen-bond acceptors (Lipinski definition) is 6. The second-order valence-corrected chi connectivity index (χ2v) is 5.88. The van der Waals surface area contributed by atoms with E-state index >= 15 is 0 Å². The molecule has 0 aliphatic carbocycles. The van der Waals surface area contributed by atoms with E-state index in [-0.39, 0.29) is 19.6 Å². The first kappa shape index (κ1) is 19.9. The first-order valence-corrected chi connectivity index (χ1v) is 8.59. The van der Waals surface area contributed by atoms with Crippen LogP contribution >= 0.6 is 0 Å². The minimum Gasteiger partial charge on any atom is -0.464 e. The first-order chi connectivity index (χ1) is 12.5. The molecule has 1 amide bonds. The minimum absolute atomic E-state index is 0.0792. The molecule has 26 heavy (non-hydrogen) atoms. The molecule has 7 nitrogen and oxygen atoms in total. The SMILES string of the molecule is C=CCCC(NC(=O)OCc1ccccc1)(C(=O)OCC)C1OC(C)O1. The average molecular weight is 363 g/mol. The number of rotatable bonds is 9. The number of amides is 1. The van der Waals surface area contributed by atoms with Crippen molar-refractivity contribution in [3.63, 3.8) is 0 Å². The number of esters is 1. The van der Waals surface area contributed by atoms with Gasteiger partial charge >= 0.3 is 12.1 Å². The molecule has 0 spiro atoms. The Morgan fingerprint density at radius 1 is 1.27 bits per heavy atom. The molecule has 1 aromatic rings. The van der Waals surface area contributed by atoms with Crippen LogP contribution in [0.4, 0.5) is 4.79 Å². The van der Waals surface area contributed by atoms with Gasteiger partial charge in [-0.15, -0.1) is 6.58 Å². The molecule has 1 N–H and O–H groups in total. The third-order valence-corrected chi connectivity index (χ3v) is 3.95. The van der Waals surface area contributed by atoms with Crippen LogP contribution in [0.15, 0.2) is 43.0 Å². The van der Waals surface area contributed by atoms with Crippen LogP contribution in [0.25, 0.3) is 0 Å². The lowest BCUT2D eigenvalue weighted by Gasteiger charge is -2.45. The van der Waals surface area contributed by atoms with Gasteiger partial charge in [0.15, 0.2) is 18.1 Å². The predicted molar refractivity (Wildman–Crippen MR) is 94.0 cm³/mol. The van der Waals surface area contributed by atoms with Crippen LogP contribution in [0, 0.1) is 0 Å². The lowest BCUT2D eigenvalue weighted by Crippen LogP contribution is -2.68. The minimum atomic E-state index is -1.50. The fraction of sp³-hybridized carbons (Fsp3) is 0.474. The zero-order valence-electron chi connectivity index (χ0n) is 15.1. The van der Waals surface area contributed by atoms with Crippen LogP contribution in [0.5, 0.6) is 0 Å². The molecule has 1 heterocycles. The van der Waals surface area contributed by atoms with E-state index in [0.717, 1.165) is 5.56 Å². The standard InChI is InChI=1S/C19H25NO6/c1-4-6-12-19(16(21)23-5-2,17-25-14(3)26-17)20-18(22)24-13-15-10-8-7-9-11-15/h4,7-11,14,17H,1,5-6,12-13H2,2-3H3,(H,20,22). The smallest absolute Gasteiger partial charge is 0.408 e. The van der Waals surface area contributed by atoms with Crippen LogP contribution in [-0.4, -0.2) is 36.8 Å². The van der Waals surface area contributed by atoms with Crippen molar-refractivity contribution in [1.29, 1.82) is 0 Å². The molecule has 1 aliphatic heterocycles. The maximum absolute atomic E-state index is 12.6. The van der Waals surface area contributed by atoms with Gasteiger partial charge in [-0.2, -0.15) is 0 Å². The topological polar surface area (TPSA) is 83.1 Å². The van der Waals surface area contributed by atoms with Crippen LogP contribution in [0.2, 0.25) is 0 Å². The number of carbonyl (C=O) groups excluding carboxylic acids is 2. The third kappa shape index (κ3) is 4.83. The summed E-state index contributed by atoms with van der Waals surface area (Å²) in [5, 5.41) is 2.61. The number of benzene rings is 1. The van der Waals surface area contributed by atoms with Crippen molar-refractivity contribution in [3.8, 4) is 0 Å². The Bertz CT molecular complexity index is 614. The molecule has 0 aromatic heterocycles. The van der Waals surface area contributed by atoms with Gasteiger partial charge in [-0.1, -0.05) is 36.4 Å². The van der Waals surface area contributed by atoms with Crippen LogP contribution in [0.1, 0.15) is 32.3 Å². The lowest BCUT2D eigenvalue weighted by molar-refractivity contribution is -0.395. The second-order valence-electron chi connectivity index (χ2n) is 5.88. The second kappa shape index (κ2) is 9.35. The Balaban J connectivity index is 2.11. The van der Waals surface area contributed by atoms with Crippen LogP contribution in [0.3, 0.4) is 0 Å². The van der Waals surface area contributed by atoms with Gasteiger partial charge in [0.1, 0.15) is 6.61 Å². The zero-order valence-corrected chi connectivity index (χ0v) is 15.1. The maximum Gasteiger partial charge on any atom is 0.408 e. The van der Waals surface area contributed by atoms with Gasteiger partial charge in [-0.3, -0.25) is 0 Å². The van der Waals surface area contributed by atoms with E-state index in [4.69, 9.17) is 18.9 Å². The van der Waals surface area contributed by atoms with Gasteiger partial charge < -0.3 is 24.3 Å². The Kier molecular flexibility index (Phi) is 7.17. The molecule has 2 rings (SSSR count). The van der Waals surface area contributed by atoms with E-state index < -0.39 is 30.2 Å². The summed E-state index contributed by atoms with van der Waals surface area (Å²) >= 11 is 0. The largest absolute Gasteiger partial charge is 0.464 e. The molecule has 0 bridgehead atoms. The van der Waals surface area contributed by atoms with Gasteiger partial charge in [0.25, 0.3) is 0 Å². The summed E-state index contributed by atoms with van der Waals surface area (Å²) in [5.74, 6) is -0.629. The van der Waals surface area contributed by atoms with Crippen molar-refractivity contribution in [2.24, 2.45) is 0 Å². The number of carbonyl (C=O) groups is 2. The molecular weight excluding hydrogens is 338 g/mol. The molecule has 1 fully saturated rings. The maximum atomic E-state index is 12.6. The summed E-state index contributed by atoms with van der Waals surface area (Å²) in [4.78, 5) is 25.0. The number of ether oxygens (including phenoxy) is 4. The van der Waals surface area contributed by atoms with E-state index in [9.17, 15) is 9.59 Å². The summed E-state index contributed by atoms with van der Waals surface area (Å²) in [5.41, 5.74) is -0.662. The first-order valence-electron chi connectivity index (χ1n) is 8.59. The molecule has 7 heteroatoms. The Labute approximate surface area is 153 Å². The van der Waals surface area contributed by atoms with Crippen molar-refractivity contribution in [3.05, 3.63) is 48.6 Å². The Morgan fingerprint density at radius 3 is 2.54 bits per heavy atom. The van der Waals surface area contributed by atoms with Crippen LogP contribution < -0.4 is 5.32 Å². The van der Waals surface area contributed by atoms with Crippen molar-refractivity contribution < 1.29 is 28.5 Å². The molecule has 142 valence electrons. The van der Waals surface area contributed by atoms with Crippen LogP contribution in [-0.2, 0) is 30.3 Å². The average Bonchev–Trinajstić information content (AvgIpc) is 2.62. The molecule has 0 radical (unpaired) electrons. The fourth-order valence-corrected chi connectivity index (χ4v) is 2.61. The van der Waals surface area contributed by atoms with E-state index in [1.54, 1.807) is 19.9 Å². The highest BCUT2D eigenvalue weighted by Crippen LogP contribution is 2.32. The highest BCUT2D eigenvalue weighted by molar-refractivity contribution is 5.86. The summed E-state index contributed by atoms with van der Waals surface area (Å²) in [6, 6.07) is 9.24. The van der Waals surface area contributed by atoms with Crippen molar-refractivity contribution >= 4 is 12.1 Å². The predicted octanol–water partition coefficient (Wildman–Crippen LogP) is 2.90. The summed E-state index contributed by atoms with van der Waals surface area (Å²) in [6.45, 7) is 7.30. The summed E-state index contributed by atoms with van der Waals surface area (Å²) < 4.78 is 21.4. The zero-order chi connectivity index (χ0) is 19.0. The van der Waals surface area contributed by atoms with E-state index in [0.29, 0.717) is 6.42 Å². The van der Waals surface area contributed by atoms with E-state index in [1.165, 1.54) is 0 Å². The van der Waals surface area contributed by atoms with Gasteiger partial charge in [0, 0.05) is 0 Å². The van der Waals surface area contributed by atoms with Crippen molar-refractivity contribution in [2.75, 3.05) is 6.61 Å². The monoisotopic (exact) mass is 363 g/mol.